The maximum Gasteiger partial charge on any atom is 0.246 e. The molecule has 0 saturated heterocycles. The predicted molar refractivity (Wildman–Crippen MR) is 105 cm³/mol. The molecule has 0 heterocycles. The van der Waals surface area contributed by atoms with E-state index in [2.05, 4.69) is 5.32 Å². The molecule has 144 valence electrons. The first-order chi connectivity index (χ1) is 12.9. The Morgan fingerprint density at radius 3 is 1.74 bits per heavy atom. The number of carbonyl (C=O) groups excluding carboxylic acids is 2. The Morgan fingerprint density at radius 2 is 1.33 bits per heavy atom. The van der Waals surface area contributed by atoms with Gasteiger partial charge in [-0.2, -0.15) is 0 Å². The van der Waals surface area contributed by atoms with Gasteiger partial charge in [0.25, 0.3) is 0 Å². The Labute approximate surface area is 160 Å². The minimum atomic E-state index is -0.635. The summed E-state index contributed by atoms with van der Waals surface area (Å²) in [6, 6.07) is 19.2. The van der Waals surface area contributed by atoms with Crippen molar-refractivity contribution in [2.45, 2.75) is 33.2 Å². The summed E-state index contributed by atoms with van der Waals surface area (Å²) in [4.78, 5) is 25.0. The standard InChI is InChI=1S/C22H28N2O3/c1-15(2)14-19(16(3)21(25)24-27)22(26)23-20(17-10-6-4-7-11-17)18-12-8-5-9-13-18/h4-13,15-16,19-20,27H,14H2,1-3H3,(H,23,26)(H,24,25)/t16-,19+/m0/s1. The number of nitrogens with one attached hydrogen (secondary N) is 2. The van der Waals surface area contributed by atoms with Crippen molar-refractivity contribution in [3.8, 4) is 0 Å². The van der Waals surface area contributed by atoms with E-state index in [-0.39, 0.29) is 17.9 Å². The van der Waals surface area contributed by atoms with E-state index in [1.165, 1.54) is 0 Å². The Hall–Kier alpha value is -2.66. The average molecular weight is 368 g/mol. The number of amides is 2. The predicted octanol–water partition coefficient (Wildman–Crippen LogP) is 3.70. The Balaban J connectivity index is 2.31. The number of hydroxylamine groups is 1. The summed E-state index contributed by atoms with van der Waals surface area (Å²) < 4.78 is 0. The fourth-order valence-corrected chi connectivity index (χ4v) is 3.23. The number of hydrogen-bond donors (Lipinski definition) is 3. The van der Waals surface area contributed by atoms with Gasteiger partial charge in [0.15, 0.2) is 0 Å². The molecule has 0 aliphatic carbocycles. The molecule has 0 saturated carbocycles. The first-order valence-corrected chi connectivity index (χ1v) is 9.28. The number of carbonyl (C=O) groups is 2. The summed E-state index contributed by atoms with van der Waals surface area (Å²) in [5.74, 6) is -1.68. The van der Waals surface area contributed by atoms with Crippen LogP contribution in [0.25, 0.3) is 0 Å². The SMILES string of the molecule is CC(C)C[C@@H](C(=O)NC(c1ccccc1)c1ccccc1)[C@H](C)C(=O)NO. The largest absolute Gasteiger partial charge is 0.345 e. The van der Waals surface area contributed by atoms with E-state index >= 15 is 0 Å². The third-order valence-corrected chi connectivity index (χ3v) is 4.74. The van der Waals surface area contributed by atoms with Crippen LogP contribution in [-0.2, 0) is 9.59 Å². The van der Waals surface area contributed by atoms with Crippen LogP contribution in [0, 0.1) is 17.8 Å². The zero-order valence-electron chi connectivity index (χ0n) is 16.1. The smallest absolute Gasteiger partial charge is 0.246 e. The van der Waals surface area contributed by atoms with Gasteiger partial charge in [-0.25, -0.2) is 5.48 Å². The molecule has 3 N–H and O–H groups in total. The molecule has 0 spiro atoms. The molecule has 5 nitrogen and oxygen atoms in total. The van der Waals surface area contributed by atoms with Crippen LogP contribution in [0.3, 0.4) is 0 Å². The molecule has 2 atom stereocenters. The highest BCUT2D eigenvalue weighted by molar-refractivity contribution is 5.87. The van der Waals surface area contributed by atoms with Gasteiger partial charge in [0.2, 0.25) is 11.8 Å². The molecule has 0 unspecified atom stereocenters. The molecule has 0 bridgehead atoms. The van der Waals surface area contributed by atoms with E-state index in [1.807, 2.05) is 74.5 Å². The minimum absolute atomic E-state index is 0.197. The highest BCUT2D eigenvalue weighted by Crippen LogP contribution is 2.26. The molecule has 5 heteroatoms. The van der Waals surface area contributed by atoms with Gasteiger partial charge in [-0.3, -0.25) is 14.8 Å². The lowest BCUT2D eigenvalue weighted by Gasteiger charge is -2.27. The second-order valence-corrected chi connectivity index (χ2v) is 7.26. The minimum Gasteiger partial charge on any atom is -0.345 e. The molecule has 2 rings (SSSR count). The average Bonchev–Trinajstić information content (AvgIpc) is 2.70. The molecule has 0 aromatic heterocycles. The van der Waals surface area contributed by atoms with Crippen molar-refractivity contribution in [3.63, 3.8) is 0 Å². The van der Waals surface area contributed by atoms with Gasteiger partial charge < -0.3 is 5.32 Å². The van der Waals surface area contributed by atoms with E-state index in [1.54, 1.807) is 12.4 Å². The van der Waals surface area contributed by atoms with Gasteiger partial charge in [0.1, 0.15) is 0 Å². The topological polar surface area (TPSA) is 78.4 Å². The lowest BCUT2D eigenvalue weighted by Crippen LogP contribution is -2.42. The second kappa shape index (κ2) is 9.88. The van der Waals surface area contributed by atoms with Crippen LogP contribution in [0.1, 0.15) is 44.4 Å². The van der Waals surface area contributed by atoms with Crippen LogP contribution < -0.4 is 10.8 Å². The van der Waals surface area contributed by atoms with Crippen LogP contribution in [0.15, 0.2) is 60.7 Å². The molecule has 2 aromatic rings. The Kier molecular flexibility index (Phi) is 7.55. The van der Waals surface area contributed by atoms with Crippen molar-refractivity contribution in [2.75, 3.05) is 0 Å². The van der Waals surface area contributed by atoms with Crippen LogP contribution >= 0.6 is 0 Å². The maximum absolute atomic E-state index is 13.1. The number of benzene rings is 2. The molecular weight excluding hydrogens is 340 g/mol. The second-order valence-electron chi connectivity index (χ2n) is 7.26. The lowest BCUT2D eigenvalue weighted by atomic mass is 9.84. The van der Waals surface area contributed by atoms with Crippen molar-refractivity contribution in [3.05, 3.63) is 71.8 Å². The quantitative estimate of drug-likeness (QED) is 0.491. The van der Waals surface area contributed by atoms with E-state index in [4.69, 9.17) is 5.21 Å². The molecule has 0 radical (unpaired) electrons. The lowest BCUT2D eigenvalue weighted by molar-refractivity contribution is -0.140. The van der Waals surface area contributed by atoms with Gasteiger partial charge in [-0.05, 0) is 23.5 Å². The van der Waals surface area contributed by atoms with Crippen LogP contribution in [-0.4, -0.2) is 17.0 Å². The molecule has 0 aliphatic heterocycles. The van der Waals surface area contributed by atoms with Crippen LogP contribution in [0.5, 0.6) is 0 Å². The molecular formula is C22H28N2O3. The summed E-state index contributed by atoms with van der Waals surface area (Å²) in [5.41, 5.74) is 3.61. The van der Waals surface area contributed by atoms with Crippen molar-refractivity contribution < 1.29 is 14.8 Å². The zero-order valence-corrected chi connectivity index (χ0v) is 16.1. The summed E-state index contributed by atoms with van der Waals surface area (Å²) in [5, 5.41) is 12.1. The zero-order chi connectivity index (χ0) is 19.8. The van der Waals surface area contributed by atoms with Gasteiger partial charge in [0, 0.05) is 11.8 Å². The van der Waals surface area contributed by atoms with Gasteiger partial charge >= 0.3 is 0 Å². The third kappa shape index (κ3) is 5.66. The first-order valence-electron chi connectivity index (χ1n) is 9.28. The van der Waals surface area contributed by atoms with Crippen molar-refractivity contribution in [1.29, 1.82) is 0 Å². The van der Waals surface area contributed by atoms with Crippen molar-refractivity contribution >= 4 is 11.8 Å². The van der Waals surface area contributed by atoms with Crippen LogP contribution in [0.4, 0.5) is 0 Å². The van der Waals surface area contributed by atoms with E-state index < -0.39 is 17.7 Å². The fraction of sp³-hybridized carbons (Fsp3) is 0.364. The summed E-state index contributed by atoms with van der Waals surface area (Å²) in [6.07, 6.45) is 0.552. The molecule has 0 aliphatic rings. The molecule has 2 aromatic carbocycles. The van der Waals surface area contributed by atoms with Gasteiger partial charge in [0.05, 0.1) is 6.04 Å². The highest BCUT2D eigenvalue weighted by Gasteiger charge is 2.32. The number of rotatable bonds is 8. The Bertz CT molecular complexity index is 692. The van der Waals surface area contributed by atoms with Crippen LogP contribution in [0.2, 0.25) is 0 Å². The normalized spacial score (nSPS) is 13.3. The van der Waals surface area contributed by atoms with E-state index in [0.29, 0.717) is 6.42 Å². The fourth-order valence-electron chi connectivity index (χ4n) is 3.23. The third-order valence-electron chi connectivity index (χ3n) is 4.74. The van der Waals surface area contributed by atoms with Gasteiger partial charge in [-0.15, -0.1) is 0 Å². The number of hydrogen-bond acceptors (Lipinski definition) is 3. The maximum atomic E-state index is 13.1. The summed E-state index contributed by atoms with van der Waals surface area (Å²) in [6.45, 7) is 5.68. The highest BCUT2D eigenvalue weighted by atomic mass is 16.5. The molecule has 27 heavy (non-hydrogen) atoms. The summed E-state index contributed by atoms with van der Waals surface area (Å²) >= 11 is 0. The monoisotopic (exact) mass is 368 g/mol. The van der Waals surface area contributed by atoms with Gasteiger partial charge in [-0.1, -0.05) is 81.4 Å². The molecule has 2 amide bonds. The first kappa shape index (κ1) is 20.6. The van der Waals surface area contributed by atoms with E-state index in [0.717, 1.165) is 11.1 Å². The Morgan fingerprint density at radius 1 is 0.852 bits per heavy atom. The van der Waals surface area contributed by atoms with E-state index in [9.17, 15) is 9.59 Å². The molecule has 0 fully saturated rings. The van der Waals surface area contributed by atoms with Crippen molar-refractivity contribution in [1.82, 2.24) is 10.8 Å². The summed E-state index contributed by atoms with van der Waals surface area (Å²) in [7, 11) is 0. The van der Waals surface area contributed by atoms with Crippen molar-refractivity contribution in [2.24, 2.45) is 17.8 Å².